The van der Waals surface area contributed by atoms with Crippen LogP contribution in [0.4, 0.5) is 11.4 Å². The van der Waals surface area contributed by atoms with Crippen molar-refractivity contribution in [2.75, 3.05) is 11.5 Å². The molecule has 4 N–H and O–H groups in total. The second kappa shape index (κ2) is 6.26. The van der Waals surface area contributed by atoms with Gasteiger partial charge in [0.15, 0.2) is 6.39 Å². The van der Waals surface area contributed by atoms with Crippen molar-refractivity contribution < 1.29 is 4.42 Å². The molecule has 0 unspecified atom stereocenters. The molecule has 0 aliphatic heterocycles. The summed E-state index contributed by atoms with van der Waals surface area (Å²) in [7, 11) is 0. The Balaban J connectivity index is 0.000000224. The molecule has 0 aliphatic rings. The summed E-state index contributed by atoms with van der Waals surface area (Å²) in [6.45, 7) is 0. The van der Waals surface area contributed by atoms with Crippen molar-refractivity contribution in [3.63, 3.8) is 0 Å². The van der Waals surface area contributed by atoms with Gasteiger partial charge < -0.3 is 15.9 Å². The minimum atomic E-state index is 0.782. The van der Waals surface area contributed by atoms with Crippen LogP contribution in [0.5, 0.6) is 0 Å². The third kappa shape index (κ3) is 3.89. The van der Waals surface area contributed by atoms with Crippen LogP contribution in [0.1, 0.15) is 0 Å². The van der Waals surface area contributed by atoms with E-state index in [1.807, 2.05) is 48.5 Å². The van der Waals surface area contributed by atoms with Crippen LogP contribution in [-0.2, 0) is 0 Å². The smallest absolute Gasteiger partial charge is 0.180 e. The molecule has 0 saturated heterocycles. The molecule has 0 fully saturated rings. The SMILES string of the molecule is Nc1ccc(-c2ccc(N)cc2)cc1.c1cocn1. The summed E-state index contributed by atoms with van der Waals surface area (Å²) in [4.78, 5) is 3.56. The van der Waals surface area contributed by atoms with Crippen LogP contribution in [0, 0.1) is 0 Å². The minimum absolute atomic E-state index is 0.782. The first-order valence-electron chi connectivity index (χ1n) is 5.79. The highest BCUT2D eigenvalue weighted by molar-refractivity contribution is 5.67. The normalized spacial score (nSPS) is 9.47. The summed E-state index contributed by atoms with van der Waals surface area (Å²) in [5.74, 6) is 0. The van der Waals surface area contributed by atoms with Gasteiger partial charge in [-0.3, -0.25) is 0 Å². The van der Waals surface area contributed by atoms with Crippen LogP contribution < -0.4 is 11.5 Å². The number of anilines is 2. The van der Waals surface area contributed by atoms with E-state index in [4.69, 9.17) is 11.5 Å². The fraction of sp³-hybridized carbons (Fsp3) is 0. The number of nitrogens with two attached hydrogens (primary N) is 2. The molecular weight excluding hydrogens is 238 g/mol. The van der Waals surface area contributed by atoms with Gasteiger partial charge in [0.2, 0.25) is 0 Å². The van der Waals surface area contributed by atoms with E-state index < -0.39 is 0 Å². The van der Waals surface area contributed by atoms with Crippen molar-refractivity contribution in [3.8, 4) is 11.1 Å². The lowest BCUT2D eigenvalue weighted by atomic mass is 10.1. The Morgan fingerprint density at radius 2 is 1.21 bits per heavy atom. The fourth-order valence-corrected chi connectivity index (χ4v) is 1.53. The number of rotatable bonds is 1. The maximum Gasteiger partial charge on any atom is 0.180 e. The molecule has 4 nitrogen and oxygen atoms in total. The predicted molar refractivity (Wildman–Crippen MR) is 77.2 cm³/mol. The maximum atomic E-state index is 5.61. The highest BCUT2D eigenvalue weighted by Gasteiger charge is 1.95. The number of benzene rings is 2. The highest BCUT2D eigenvalue weighted by Crippen LogP contribution is 2.21. The molecule has 96 valence electrons. The number of nitrogens with zero attached hydrogens (tertiary/aromatic N) is 1. The van der Waals surface area contributed by atoms with Crippen LogP contribution in [0.2, 0.25) is 0 Å². The average Bonchev–Trinajstić information content (AvgIpc) is 3.00. The fourth-order valence-electron chi connectivity index (χ4n) is 1.53. The molecule has 4 heteroatoms. The Labute approximate surface area is 111 Å². The minimum Gasteiger partial charge on any atom is -0.452 e. The number of aromatic nitrogens is 1. The predicted octanol–water partition coefficient (Wildman–Crippen LogP) is 3.19. The number of hydrogen-bond donors (Lipinski definition) is 2. The van der Waals surface area contributed by atoms with Gasteiger partial charge in [-0.15, -0.1) is 0 Å². The van der Waals surface area contributed by atoms with E-state index in [0.717, 1.165) is 22.5 Å². The van der Waals surface area contributed by atoms with Crippen LogP contribution in [0.15, 0.2) is 71.8 Å². The monoisotopic (exact) mass is 253 g/mol. The topological polar surface area (TPSA) is 78.1 Å². The van der Waals surface area contributed by atoms with Gasteiger partial charge in [0, 0.05) is 11.4 Å². The van der Waals surface area contributed by atoms with Gasteiger partial charge in [0.1, 0.15) is 6.26 Å². The Morgan fingerprint density at radius 3 is 1.47 bits per heavy atom. The lowest BCUT2D eigenvalue weighted by Gasteiger charge is -2.02. The van der Waals surface area contributed by atoms with E-state index >= 15 is 0 Å². The second-order valence-corrected chi connectivity index (χ2v) is 3.92. The van der Waals surface area contributed by atoms with Crippen LogP contribution >= 0.6 is 0 Å². The molecule has 19 heavy (non-hydrogen) atoms. The van der Waals surface area contributed by atoms with E-state index in [-0.39, 0.29) is 0 Å². The van der Waals surface area contributed by atoms with Crippen molar-refractivity contribution in [2.45, 2.75) is 0 Å². The van der Waals surface area contributed by atoms with Gasteiger partial charge in [0.05, 0.1) is 6.20 Å². The Kier molecular flexibility index (Phi) is 4.18. The molecule has 0 aliphatic carbocycles. The van der Waals surface area contributed by atoms with Crippen LogP contribution in [0.25, 0.3) is 11.1 Å². The standard InChI is InChI=1S/C12H12N2.C3H3NO/c13-11-5-1-9(2-6-11)10-3-7-12(14)8-4-10;1-2-5-3-4-1/h1-8H,13-14H2;1-3H. The highest BCUT2D eigenvalue weighted by atomic mass is 16.3. The zero-order valence-corrected chi connectivity index (χ0v) is 10.4. The summed E-state index contributed by atoms with van der Waals surface area (Å²) in [6, 6.07) is 15.6. The summed E-state index contributed by atoms with van der Waals surface area (Å²) in [5.41, 5.74) is 15.1. The van der Waals surface area contributed by atoms with Crippen LogP contribution in [-0.4, -0.2) is 4.98 Å². The van der Waals surface area contributed by atoms with E-state index in [9.17, 15) is 0 Å². The van der Waals surface area contributed by atoms with Gasteiger partial charge in [-0.2, -0.15) is 0 Å². The molecule has 0 atom stereocenters. The Hall–Kier alpha value is -2.75. The lowest BCUT2D eigenvalue weighted by Crippen LogP contribution is -1.85. The van der Waals surface area contributed by atoms with Crippen LogP contribution in [0.3, 0.4) is 0 Å². The van der Waals surface area contributed by atoms with Crippen molar-refractivity contribution in [3.05, 3.63) is 67.4 Å². The van der Waals surface area contributed by atoms with E-state index in [2.05, 4.69) is 9.40 Å². The second-order valence-electron chi connectivity index (χ2n) is 3.92. The zero-order chi connectivity index (χ0) is 13.5. The number of hydrogen-bond acceptors (Lipinski definition) is 4. The molecule has 0 saturated carbocycles. The summed E-state index contributed by atoms with van der Waals surface area (Å²) < 4.78 is 4.47. The first kappa shape index (κ1) is 12.7. The average molecular weight is 253 g/mol. The molecule has 0 spiro atoms. The number of nitrogen functional groups attached to an aromatic ring is 2. The van der Waals surface area contributed by atoms with Gasteiger partial charge in [-0.1, -0.05) is 24.3 Å². The third-order valence-electron chi connectivity index (χ3n) is 2.50. The van der Waals surface area contributed by atoms with E-state index in [0.29, 0.717) is 0 Å². The molecule has 3 rings (SSSR count). The molecule has 0 radical (unpaired) electrons. The van der Waals surface area contributed by atoms with Gasteiger partial charge >= 0.3 is 0 Å². The molecule has 1 heterocycles. The number of oxazole rings is 1. The molecular formula is C15H15N3O. The van der Waals surface area contributed by atoms with Gasteiger partial charge in [0.25, 0.3) is 0 Å². The van der Waals surface area contributed by atoms with Gasteiger partial charge in [-0.05, 0) is 35.4 Å². The van der Waals surface area contributed by atoms with Crippen molar-refractivity contribution >= 4 is 11.4 Å². The van der Waals surface area contributed by atoms with E-state index in [1.165, 1.54) is 12.7 Å². The van der Waals surface area contributed by atoms with E-state index in [1.54, 1.807) is 6.20 Å². The zero-order valence-electron chi connectivity index (χ0n) is 10.4. The molecule has 2 aromatic carbocycles. The summed E-state index contributed by atoms with van der Waals surface area (Å²) in [6.07, 6.45) is 4.47. The Morgan fingerprint density at radius 1 is 0.737 bits per heavy atom. The summed E-state index contributed by atoms with van der Waals surface area (Å²) >= 11 is 0. The Bertz CT molecular complexity index is 526. The molecule has 0 amide bonds. The summed E-state index contributed by atoms with van der Waals surface area (Å²) in [5, 5.41) is 0. The molecule has 0 bridgehead atoms. The molecule has 1 aromatic heterocycles. The quantitative estimate of drug-likeness (QED) is 0.653. The van der Waals surface area contributed by atoms with Crippen molar-refractivity contribution in [2.24, 2.45) is 0 Å². The van der Waals surface area contributed by atoms with Crippen molar-refractivity contribution in [1.82, 2.24) is 4.98 Å². The van der Waals surface area contributed by atoms with Crippen molar-refractivity contribution in [1.29, 1.82) is 0 Å². The third-order valence-corrected chi connectivity index (χ3v) is 2.50. The largest absolute Gasteiger partial charge is 0.452 e. The first-order valence-corrected chi connectivity index (χ1v) is 5.79. The maximum absolute atomic E-state index is 5.61. The lowest BCUT2D eigenvalue weighted by molar-refractivity contribution is 0.558. The molecule has 3 aromatic rings. The van der Waals surface area contributed by atoms with Gasteiger partial charge in [-0.25, -0.2) is 4.98 Å². The first-order chi connectivity index (χ1) is 9.25.